The van der Waals surface area contributed by atoms with Crippen molar-refractivity contribution < 1.29 is 17.9 Å². The first-order chi connectivity index (χ1) is 6.45. The van der Waals surface area contributed by atoms with Crippen molar-refractivity contribution in [3.63, 3.8) is 0 Å². The number of rotatable bonds is 2. The van der Waals surface area contributed by atoms with E-state index in [1.54, 1.807) is 6.92 Å². The molecule has 0 N–H and O–H groups in total. The van der Waals surface area contributed by atoms with Crippen molar-refractivity contribution in [2.75, 3.05) is 7.11 Å². The summed E-state index contributed by atoms with van der Waals surface area (Å²) in [5.41, 5.74) is 0.691. The minimum Gasteiger partial charge on any atom is -0.367 e. The summed E-state index contributed by atoms with van der Waals surface area (Å²) in [5.74, 6) is 0. The molecule has 0 aliphatic rings. The third kappa shape index (κ3) is 2.45. The second-order valence-electron chi connectivity index (χ2n) is 2.89. The van der Waals surface area contributed by atoms with Gasteiger partial charge in [-0.25, -0.2) is 0 Å². The fourth-order valence-corrected chi connectivity index (χ4v) is 1.09. The zero-order chi connectivity index (χ0) is 10.8. The number of pyridine rings is 1. The number of alkyl halides is 3. The molecule has 5 heteroatoms. The number of aromatic nitrogens is 1. The summed E-state index contributed by atoms with van der Waals surface area (Å²) in [6.45, 7) is 1.71. The van der Waals surface area contributed by atoms with E-state index in [-0.39, 0.29) is 5.56 Å². The fourth-order valence-electron chi connectivity index (χ4n) is 1.09. The van der Waals surface area contributed by atoms with E-state index in [0.717, 1.165) is 7.11 Å². The van der Waals surface area contributed by atoms with Crippen LogP contribution in [0.25, 0.3) is 0 Å². The molecule has 0 saturated carbocycles. The fraction of sp³-hybridized carbons (Fsp3) is 0.444. The molecule has 0 spiro atoms. The van der Waals surface area contributed by atoms with Gasteiger partial charge in [-0.15, -0.1) is 0 Å². The van der Waals surface area contributed by atoms with Crippen LogP contribution in [0.1, 0.15) is 17.4 Å². The van der Waals surface area contributed by atoms with Crippen LogP contribution in [0.4, 0.5) is 13.2 Å². The van der Waals surface area contributed by atoms with Crippen LogP contribution >= 0.6 is 0 Å². The predicted molar refractivity (Wildman–Crippen MR) is 44.8 cm³/mol. The quantitative estimate of drug-likeness (QED) is 0.740. The second-order valence-corrected chi connectivity index (χ2v) is 2.89. The lowest BCUT2D eigenvalue weighted by molar-refractivity contribution is -0.216. The van der Waals surface area contributed by atoms with Crippen molar-refractivity contribution in [3.05, 3.63) is 29.6 Å². The van der Waals surface area contributed by atoms with Gasteiger partial charge in [-0.1, -0.05) is 6.07 Å². The van der Waals surface area contributed by atoms with Gasteiger partial charge in [-0.3, -0.25) is 4.98 Å². The molecule has 2 nitrogen and oxygen atoms in total. The smallest absolute Gasteiger partial charge is 0.367 e. The molecular formula is C9H10F3NO. The highest BCUT2D eigenvalue weighted by Crippen LogP contribution is 2.34. The van der Waals surface area contributed by atoms with Gasteiger partial charge in [0.25, 0.3) is 0 Å². The van der Waals surface area contributed by atoms with E-state index in [1.165, 1.54) is 18.3 Å². The SMILES string of the molecule is CO[C@H](c1ccc(C)nc1)C(F)(F)F. The first-order valence-corrected chi connectivity index (χ1v) is 3.97. The molecule has 1 aromatic heterocycles. The summed E-state index contributed by atoms with van der Waals surface area (Å²) in [6.07, 6.45) is -5.11. The topological polar surface area (TPSA) is 22.1 Å². The summed E-state index contributed by atoms with van der Waals surface area (Å²) in [5, 5.41) is 0. The number of methoxy groups -OCH3 is 1. The standard InChI is InChI=1S/C9H10F3NO/c1-6-3-4-7(5-13-6)8(14-2)9(10,11)12/h3-5,8H,1-2H3/t8-/m1/s1. The maximum atomic E-state index is 12.4. The maximum Gasteiger partial charge on any atom is 0.418 e. The normalized spacial score (nSPS) is 14.1. The van der Waals surface area contributed by atoms with Gasteiger partial charge < -0.3 is 4.74 Å². The predicted octanol–water partition coefficient (Wildman–Crippen LogP) is 2.64. The van der Waals surface area contributed by atoms with Gasteiger partial charge in [0, 0.05) is 24.6 Å². The van der Waals surface area contributed by atoms with Crippen LogP contribution in [-0.2, 0) is 4.74 Å². The Balaban J connectivity index is 2.96. The molecule has 0 aliphatic carbocycles. The number of halogens is 3. The maximum absolute atomic E-state index is 12.4. The van der Waals surface area contributed by atoms with Gasteiger partial charge >= 0.3 is 6.18 Å². The van der Waals surface area contributed by atoms with Gasteiger partial charge in [-0.05, 0) is 13.0 Å². The third-order valence-electron chi connectivity index (χ3n) is 1.77. The molecule has 0 aliphatic heterocycles. The molecule has 0 unspecified atom stereocenters. The Hall–Kier alpha value is -1.10. The summed E-state index contributed by atoms with van der Waals surface area (Å²) in [7, 11) is 1.03. The van der Waals surface area contributed by atoms with Gasteiger partial charge in [0.2, 0.25) is 0 Å². The monoisotopic (exact) mass is 205 g/mol. The molecular weight excluding hydrogens is 195 g/mol. The summed E-state index contributed by atoms with van der Waals surface area (Å²) >= 11 is 0. The Bertz CT molecular complexity index is 294. The average Bonchev–Trinajstić information content (AvgIpc) is 2.07. The number of hydrogen-bond acceptors (Lipinski definition) is 2. The molecule has 0 amide bonds. The van der Waals surface area contributed by atoms with Crippen molar-refractivity contribution in [3.8, 4) is 0 Å². The van der Waals surface area contributed by atoms with Crippen LogP contribution in [0, 0.1) is 6.92 Å². The third-order valence-corrected chi connectivity index (χ3v) is 1.77. The lowest BCUT2D eigenvalue weighted by atomic mass is 10.1. The molecule has 78 valence electrons. The molecule has 1 atom stereocenters. The van der Waals surface area contributed by atoms with Crippen molar-refractivity contribution >= 4 is 0 Å². The van der Waals surface area contributed by atoms with Crippen LogP contribution in [0.5, 0.6) is 0 Å². The van der Waals surface area contributed by atoms with Crippen molar-refractivity contribution in [1.82, 2.24) is 4.98 Å². The molecule has 0 saturated heterocycles. The number of nitrogens with zero attached hydrogens (tertiary/aromatic N) is 1. The Morgan fingerprint density at radius 1 is 1.36 bits per heavy atom. The molecule has 0 bridgehead atoms. The first kappa shape index (κ1) is 11.0. The van der Waals surface area contributed by atoms with E-state index < -0.39 is 12.3 Å². The van der Waals surface area contributed by atoms with Gasteiger partial charge in [-0.2, -0.15) is 13.2 Å². The van der Waals surface area contributed by atoms with Crippen LogP contribution in [0.3, 0.4) is 0 Å². The Kier molecular flexibility index (Phi) is 3.10. The largest absolute Gasteiger partial charge is 0.418 e. The van der Waals surface area contributed by atoms with E-state index in [1.807, 2.05) is 0 Å². The van der Waals surface area contributed by atoms with Gasteiger partial charge in [0.1, 0.15) is 0 Å². The Morgan fingerprint density at radius 3 is 2.36 bits per heavy atom. The van der Waals surface area contributed by atoms with Gasteiger partial charge in [0.05, 0.1) is 0 Å². The van der Waals surface area contributed by atoms with Crippen molar-refractivity contribution in [1.29, 1.82) is 0 Å². The minimum atomic E-state index is -4.40. The van der Waals surface area contributed by atoms with Crippen LogP contribution in [0.15, 0.2) is 18.3 Å². The zero-order valence-electron chi connectivity index (χ0n) is 7.80. The minimum absolute atomic E-state index is 0.0191. The van der Waals surface area contributed by atoms with E-state index in [9.17, 15) is 13.2 Å². The summed E-state index contributed by atoms with van der Waals surface area (Å²) < 4.78 is 41.4. The molecule has 14 heavy (non-hydrogen) atoms. The van der Waals surface area contributed by atoms with E-state index in [2.05, 4.69) is 9.72 Å². The Labute approximate surface area is 79.7 Å². The lowest BCUT2D eigenvalue weighted by Crippen LogP contribution is -2.22. The zero-order valence-corrected chi connectivity index (χ0v) is 7.80. The molecule has 1 rings (SSSR count). The molecule has 0 aromatic carbocycles. The van der Waals surface area contributed by atoms with Gasteiger partial charge in [0.15, 0.2) is 6.10 Å². The van der Waals surface area contributed by atoms with E-state index >= 15 is 0 Å². The lowest BCUT2D eigenvalue weighted by Gasteiger charge is -2.18. The number of aryl methyl sites for hydroxylation is 1. The molecule has 0 fully saturated rings. The summed E-state index contributed by atoms with van der Waals surface area (Å²) in [6, 6.07) is 2.89. The second kappa shape index (κ2) is 3.96. The number of hydrogen-bond donors (Lipinski definition) is 0. The van der Waals surface area contributed by atoms with Crippen molar-refractivity contribution in [2.24, 2.45) is 0 Å². The highest BCUT2D eigenvalue weighted by atomic mass is 19.4. The highest BCUT2D eigenvalue weighted by Gasteiger charge is 2.41. The molecule has 1 heterocycles. The van der Waals surface area contributed by atoms with Crippen LogP contribution in [0.2, 0.25) is 0 Å². The van der Waals surface area contributed by atoms with Crippen molar-refractivity contribution in [2.45, 2.75) is 19.2 Å². The number of ether oxygens (including phenoxy) is 1. The summed E-state index contributed by atoms with van der Waals surface area (Å²) in [4.78, 5) is 3.78. The average molecular weight is 205 g/mol. The first-order valence-electron chi connectivity index (χ1n) is 3.97. The van der Waals surface area contributed by atoms with E-state index in [0.29, 0.717) is 5.69 Å². The molecule has 1 aromatic rings. The molecule has 0 radical (unpaired) electrons. The highest BCUT2D eigenvalue weighted by molar-refractivity contribution is 5.17. The Morgan fingerprint density at radius 2 is 2.00 bits per heavy atom. The van der Waals surface area contributed by atoms with E-state index in [4.69, 9.17) is 0 Å². The van der Waals surface area contributed by atoms with Crippen LogP contribution in [-0.4, -0.2) is 18.3 Å². The van der Waals surface area contributed by atoms with Crippen LogP contribution < -0.4 is 0 Å².